The maximum atomic E-state index is 13.0. The SMILES string of the molecule is O=C(COc1ccc2c(c1)OC(=Cc1ccc(F)cc1)C2=O)Nc1ccccn1. The van der Waals surface area contributed by atoms with Crippen molar-refractivity contribution in [2.45, 2.75) is 0 Å². The van der Waals surface area contributed by atoms with E-state index in [2.05, 4.69) is 10.3 Å². The molecule has 7 heteroatoms. The van der Waals surface area contributed by atoms with Gasteiger partial charge in [-0.2, -0.15) is 0 Å². The Labute approximate surface area is 165 Å². The number of fused-ring (bicyclic) bond motifs is 1. The summed E-state index contributed by atoms with van der Waals surface area (Å²) in [4.78, 5) is 28.4. The first-order valence-corrected chi connectivity index (χ1v) is 8.76. The van der Waals surface area contributed by atoms with Gasteiger partial charge in [0.25, 0.3) is 5.91 Å². The number of pyridine rings is 1. The number of halogens is 1. The number of nitrogens with zero attached hydrogens (tertiary/aromatic N) is 1. The maximum Gasteiger partial charge on any atom is 0.263 e. The van der Waals surface area contributed by atoms with E-state index in [1.807, 2.05) is 0 Å². The van der Waals surface area contributed by atoms with Crippen LogP contribution in [0.15, 0.2) is 72.6 Å². The second-order valence-corrected chi connectivity index (χ2v) is 6.20. The molecule has 1 aliphatic rings. The lowest BCUT2D eigenvalue weighted by Gasteiger charge is -2.07. The summed E-state index contributed by atoms with van der Waals surface area (Å²) in [5, 5.41) is 2.61. The van der Waals surface area contributed by atoms with E-state index in [0.717, 1.165) is 0 Å². The van der Waals surface area contributed by atoms with Crippen molar-refractivity contribution in [3.05, 3.63) is 89.6 Å². The van der Waals surface area contributed by atoms with Gasteiger partial charge in [-0.15, -0.1) is 0 Å². The van der Waals surface area contributed by atoms with E-state index in [1.165, 1.54) is 12.1 Å². The predicted molar refractivity (Wildman–Crippen MR) is 104 cm³/mol. The summed E-state index contributed by atoms with van der Waals surface area (Å²) in [5.74, 6) is 0.294. The molecule has 0 unspecified atom stereocenters. The third-order valence-electron chi connectivity index (χ3n) is 4.11. The summed E-state index contributed by atoms with van der Waals surface area (Å²) in [6, 6.07) is 15.6. The highest BCUT2D eigenvalue weighted by atomic mass is 19.1. The van der Waals surface area contributed by atoms with Gasteiger partial charge in [-0.25, -0.2) is 9.37 Å². The van der Waals surface area contributed by atoms with Crippen molar-refractivity contribution < 1.29 is 23.5 Å². The lowest BCUT2D eigenvalue weighted by Crippen LogP contribution is -2.20. The number of nitrogens with one attached hydrogen (secondary N) is 1. The van der Waals surface area contributed by atoms with Crippen LogP contribution in [-0.2, 0) is 4.79 Å². The Morgan fingerprint density at radius 3 is 2.72 bits per heavy atom. The molecule has 0 spiro atoms. The van der Waals surface area contributed by atoms with E-state index in [-0.39, 0.29) is 29.9 Å². The number of Topliss-reactive ketones (excluding diaryl/α,β-unsaturated/α-hetero) is 1. The Hall–Kier alpha value is -4.00. The molecular weight excluding hydrogens is 375 g/mol. The lowest BCUT2D eigenvalue weighted by atomic mass is 10.1. The monoisotopic (exact) mass is 390 g/mol. The standard InChI is InChI=1S/C22H15FN2O4/c23-15-6-4-14(5-7-15)11-19-22(27)17-9-8-16(12-18(17)29-19)28-13-21(26)25-20-3-1-2-10-24-20/h1-12H,13H2,(H,24,25,26). The minimum Gasteiger partial charge on any atom is -0.484 e. The Kier molecular flexibility index (Phi) is 5.03. The first-order valence-electron chi connectivity index (χ1n) is 8.76. The molecule has 0 bridgehead atoms. The molecule has 1 aliphatic heterocycles. The van der Waals surface area contributed by atoms with Crippen LogP contribution in [0.5, 0.6) is 11.5 Å². The molecule has 0 saturated carbocycles. The van der Waals surface area contributed by atoms with Crippen molar-refractivity contribution in [3.8, 4) is 11.5 Å². The highest BCUT2D eigenvalue weighted by Gasteiger charge is 2.27. The summed E-state index contributed by atoms with van der Waals surface area (Å²) in [6.45, 7) is -0.221. The fraction of sp³-hybridized carbons (Fsp3) is 0.0455. The number of benzene rings is 2. The maximum absolute atomic E-state index is 13.0. The average Bonchev–Trinajstić information content (AvgIpc) is 3.04. The summed E-state index contributed by atoms with van der Waals surface area (Å²) in [5.41, 5.74) is 1.04. The molecule has 0 fully saturated rings. The van der Waals surface area contributed by atoms with Crippen molar-refractivity contribution in [2.75, 3.05) is 11.9 Å². The van der Waals surface area contributed by atoms with Crippen molar-refractivity contribution in [1.29, 1.82) is 0 Å². The minimum atomic E-state index is -0.363. The second-order valence-electron chi connectivity index (χ2n) is 6.20. The molecule has 3 aromatic rings. The number of anilines is 1. The third kappa shape index (κ3) is 4.30. The van der Waals surface area contributed by atoms with Crippen LogP contribution < -0.4 is 14.8 Å². The highest BCUT2D eigenvalue weighted by Crippen LogP contribution is 2.34. The van der Waals surface area contributed by atoms with Gasteiger partial charge in [-0.3, -0.25) is 9.59 Å². The highest BCUT2D eigenvalue weighted by molar-refractivity contribution is 6.14. The molecule has 29 heavy (non-hydrogen) atoms. The smallest absolute Gasteiger partial charge is 0.263 e. The summed E-state index contributed by atoms with van der Waals surface area (Å²) >= 11 is 0. The molecule has 2 aromatic carbocycles. The lowest BCUT2D eigenvalue weighted by molar-refractivity contribution is -0.118. The van der Waals surface area contributed by atoms with Crippen LogP contribution in [-0.4, -0.2) is 23.3 Å². The number of allylic oxidation sites excluding steroid dienone is 1. The largest absolute Gasteiger partial charge is 0.484 e. The predicted octanol–water partition coefficient (Wildman–Crippen LogP) is 3.85. The van der Waals surface area contributed by atoms with Crippen LogP contribution in [0.25, 0.3) is 6.08 Å². The minimum absolute atomic E-state index is 0.136. The molecule has 4 rings (SSSR count). The van der Waals surface area contributed by atoms with Gasteiger partial charge >= 0.3 is 0 Å². The number of hydrogen-bond donors (Lipinski definition) is 1. The van der Waals surface area contributed by atoms with Crippen LogP contribution in [0.4, 0.5) is 10.2 Å². The van der Waals surface area contributed by atoms with Crippen LogP contribution in [0.3, 0.4) is 0 Å². The number of rotatable bonds is 5. The molecule has 0 atom stereocenters. The van der Waals surface area contributed by atoms with Gasteiger partial charge in [0.2, 0.25) is 5.78 Å². The zero-order valence-corrected chi connectivity index (χ0v) is 15.1. The molecule has 0 radical (unpaired) electrons. The van der Waals surface area contributed by atoms with Crippen molar-refractivity contribution >= 4 is 23.6 Å². The van der Waals surface area contributed by atoms with Gasteiger partial charge in [0.15, 0.2) is 12.4 Å². The van der Waals surface area contributed by atoms with Crippen LogP contribution in [0.2, 0.25) is 0 Å². The first kappa shape index (κ1) is 18.4. The fourth-order valence-corrected chi connectivity index (χ4v) is 2.73. The van der Waals surface area contributed by atoms with E-state index in [4.69, 9.17) is 9.47 Å². The topological polar surface area (TPSA) is 77.5 Å². The Morgan fingerprint density at radius 2 is 1.97 bits per heavy atom. The van der Waals surface area contributed by atoms with Gasteiger partial charge in [0, 0.05) is 12.3 Å². The summed E-state index contributed by atoms with van der Waals surface area (Å²) in [6.07, 6.45) is 3.12. The first-order chi connectivity index (χ1) is 14.1. The second kappa shape index (κ2) is 7.93. The molecular formula is C22H15FN2O4. The molecule has 1 amide bonds. The Morgan fingerprint density at radius 1 is 1.14 bits per heavy atom. The average molecular weight is 390 g/mol. The van der Waals surface area contributed by atoms with E-state index < -0.39 is 0 Å². The molecule has 1 aromatic heterocycles. The van der Waals surface area contributed by atoms with Gasteiger partial charge in [0.05, 0.1) is 5.56 Å². The third-order valence-corrected chi connectivity index (χ3v) is 4.11. The van der Waals surface area contributed by atoms with Gasteiger partial charge in [-0.05, 0) is 48.0 Å². The van der Waals surface area contributed by atoms with Gasteiger partial charge in [-0.1, -0.05) is 18.2 Å². The zero-order valence-electron chi connectivity index (χ0n) is 15.1. The van der Waals surface area contributed by atoms with Crippen molar-refractivity contribution in [3.63, 3.8) is 0 Å². The van der Waals surface area contributed by atoms with Crippen molar-refractivity contribution in [1.82, 2.24) is 4.98 Å². The number of aromatic nitrogens is 1. The summed E-state index contributed by atoms with van der Waals surface area (Å²) < 4.78 is 24.1. The number of hydrogen-bond acceptors (Lipinski definition) is 5. The van der Waals surface area contributed by atoms with E-state index in [1.54, 1.807) is 60.8 Å². The quantitative estimate of drug-likeness (QED) is 0.670. The molecule has 0 aliphatic carbocycles. The zero-order chi connectivity index (χ0) is 20.2. The molecule has 2 heterocycles. The molecule has 144 valence electrons. The summed E-state index contributed by atoms with van der Waals surface area (Å²) in [7, 11) is 0. The van der Waals surface area contributed by atoms with Crippen LogP contribution in [0, 0.1) is 5.82 Å². The van der Waals surface area contributed by atoms with Crippen molar-refractivity contribution in [2.24, 2.45) is 0 Å². The van der Waals surface area contributed by atoms with E-state index >= 15 is 0 Å². The Balaban J connectivity index is 1.42. The van der Waals surface area contributed by atoms with E-state index in [9.17, 15) is 14.0 Å². The number of carbonyl (C=O) groups excluding carboxylic acids is 2. The van der Waals surface area contributed by atoms with Gasteiger partial charge in [0.1, 0.15) is 23.1 Å². The van der Waals surface area contributed by atoms with Crippen LogP contribution >= 0.6 is 0 Å². The number of ketones is 1. The molecule has 0 saturated heterocycles. The molecule has 1 N–H and O–H groups in total. The van der Waals surface area contributed by atoms with Gasteiger partial charge < -0.3 is 14.8 Å². The number of ether oxygens (including phenoxy) is 2. The number of amides is 1. The van der Waals surface area contributed by atoms with E-state index in [0.29, 0.717) is 28.4 Å². The Bertz CT molecular complexity index is 1100. The normalized spacial score (nSPS) is 13.7. The number of carbonyl (C=O) groups is 2. The van der Waals surface area contributed by atoms with Crippen LogP contribution in [0.1, 0.15) is 15.9 Å². The molecule has 6 nitrogen and oxygen atoms in total. The fourth-order valence-electron chi connectivity index (χ4n) is 2.73.